The molecule has 0 bridgehead atoms. The van der Waals surface area contributed by atoms with E-state index in [9.17, 15) is 46.6 Å². The van der Waals surface area contributed by atoms with Gasteiger partial charge < -0.3 is 13.3 Å². The molecule has 0 radical (unpaired) electrons. The minimum atomic E-state index is -1.15. The summed E-state index contributed by atoms with van der Waals surface area (Å²) in [6, 6.07) is -79.7. The molecular weight excluding hydrogens is 1750 g/mol. The molecule has 31 aromatic rings. The molecule has 31 rings (SSSR count). The second kappa shape index (κ2) is 33.9. The summed E-state index contributed by atoms with van der Waals surface area (Å²) in [6.45, 7) is 0. The van der Waals surface area contributed by atoms with Crippen molar-refractivity contribution >= 4 is 206 Å². The standard InChI is InChI=1S/C50H30O.2C46H28O/c1-2-13-34-30-47-45(28-33(34)12-1)50-43(22-11-23-46(50)51-47)49-41-20-9-7-18-39(41)48(40-19-8-10-21-42(40)49)32-26-24-31(25-27-32)44-29-35-14-3-4-15-36(35)37-16-5-6-17-38(37)44;1-2-13-33-28-43-41(27-32(33)12-1)46-40(21-10-22-42(46)47-43)45-38-18-7-5-16-36(38)44(37-17-6-8-19-39(37)45)31-25-23-30(24-26-31)35-20-9-14-29-11-3-4-15-34(29)35;1-2-11-32-26-35(25-22-29(32)10-1)30-20-23-31(24-21-30)44-36-14-5-7-16-38(36)45(39-17-8-6-15-37(39)44)40-18-9-19-42-46(40)41-27-33-12-3-4-13-34(33)28-43(41)47-42/h1-30H;2*1-28H/i1D,2D,3D,4D,5D,6D,7D,8D,9D,10D,11D,12D,13D,14D,15D,16D,17D,18D,19D,20D,21D,22D,23D,24D,25D,26D,27D,28D,29D,30D;2*1D,2D,3D,4D,5D,6D,7D,8D,9D,10D,11D,12D,13D,14D,15D,16D,17D,18D,19D,20D,21D,22D,23D,24D,25D,26D,27D,28D. The lowest BCUT2D eigenvalue weighted by Crippen LogP contribution is -1.91. The third kappa shape index (κ3) is 13.7. The van der Waals surface area contributed by atoms with Gasteiger partial charge in [0.1, 0.15) is 33.5 Å². The maximum atomic E-state index is 9.77. The fourth-order valence-corrected chi connectivity index (χ4v) is 17.9. The molecule has 672 valence electrons. The van der Waals surface area contributed by atoms with E-state index in [1.165, 1.54) is 0 Å². The van der Waals surface area contributed by atoms with E-state index in [-0.39, 0.29) is 0 Å². The largest absolute Gasteiger partial charge is 0.456 e. The third-order valence-electron chi connectivity index (χ3n) is 24.0. The molecule has 0 aliphatic rings. The van der Waals surface area contributed by atoms with Gasteiger partial charge in [0.05, 0.1) is 118 Å². The normalized spacial score (nSPS) is 20.2. The molecule has 0 amide bonds. The molecule has 0 atom stereocenters. The second-order valence-corrected chi connectivity index (χ2v) is 31.8. The van der Waals surface area contributed by atoms with Crippen molar-refractivity contribution in [3.8, 4) is 100 Å². The van der Waals surface area contributed by atoms with Crippen molar-refractivity contribution in [2.24, 2.45) is 0 Å². The van der Waals surface area contributed by atoms with Crippen LogP contribution in [-0.2, 0) is 0 Å². The highest BCUT2D eigenvalue weighted by Gasteiger charge is 2.27. The van der Waals surface area contributed by atoms with Crippen molar-refractivity contribution in [3.63, 3.8) is 0 Å². The van der Waals surface area contributed by atoms with E-state index in [4.69, 9.17) is 84.5 Å². The number of rotatable bonds is 9. The summed E-state index contributed by atoms with van der Waals surface area (Å²) < 4.78 is 795. The average molecular weight is 1930 g/mol. The van der Waals surface area contributed by atoms with Crippen molar-refractivity contribution in [1.82, 2.24) is 0 Å². The summed E-state index contributed by atoms with van der Waals surface area (Å²) in [7, 11) is 0. The monoisotopic (exact) mass is 1930 g/mol. The van der Waals surface area contributed by atoms with Gasteiger partial charge in [0, 0.05) is 32.3 Å². The number of hydrogen-bond donors (Lipinski definition) is 0. The van der Waals surface area contributed by atoms with Gasteiger partial charge in [-0.05, 0) is 307 Å². The van der Waals surface area contributed by atoms with E-state index >= 15 is 0 Å². The zero-order valence-corrected chi connectivity index (χ0v) is 72.2. The number of furan rings is 3. The summed E-state index contributed by atoms with van der Waals surface area (Å²) in [6.07, 6.45) is 0. The Kier molecular flexibility index (Phi) is 7.98. The molecule has 0 unspecified atom stereocenters. The van der Waals surface area contributed by atoms with Gasteiger partial charge in [-0.2, -0.15) is 0 Å². The maximum absolute atomic E-state index is 9.77. The quantitative estimate of drug-likeness (QED) is 0.107. The molecule has 28 aromatic carbocycles. The summed E-state index contributed by atoms with van der Waals surface area (Å²) in [5.41, 5.74) is -17.8. The van der Waals surface area contributed by atoms with Crippen LogP contribution in [0.4, 0.5) is 0 Å². The number of benzene rings is 28. The minimum Gasteiger partial charge on any atom is -0.456 e. The Hall–Kier alpha value is -19.1. The Morgan fingerprint density at radius 2 is 0.352 bits per heavy atom. The molecule has 0 fully saturated rings. The van der Waals surface area contributed by atoms with E-state index in [2.05, 4.69) is 0 Å². The van der Waals surface area contributed by atoms with Crippen LogP contribution in [0.15, 0.2) is 533 Å². The lowest BCUT2D eigenvalue weighted by atomic mass is 9.84. The van der Waals surface area contributed by atoms with Crippen LogP contribution in [0.5, 0.6) is 0 Å². The molecule has 0 spiro atoms. The van der Waals surface area contributed by atoms with E-state index in [1.54, 1.807) is 0 Å². The molecule has 145 heavy (non-hydrogen) atoms. The SMILES string of the molecule is [2H]c1c([2H])c(-c2c([2H])c3c([2H])c([2H])c([2H])c([2H])c3c3c([2H])c([2H])c([2H])c([2H])c23)c([2H])c([2H])c1-c1c2c([2H])c([2H])c([2H])c([2H])c2c(-c2c([2H])c([2H])c([2H])c3oc4c([2H])c5c([2H])c([2H])c([2H])c([2H])c5c([2H])c4c23)c2c([2H])c([2H])c([2H])c([2H])c12.[2H]c1c([2H])c(-c2c3c([2H])c([2H])c([2H])c([2H])c3c(-c3c([2H])c([2H])c([2H])c4oc5c([2H])c6c([2H])c([2H])c([2H])c([2H])c6c([2H])c5c34)c3c([2H])c([2H])c([2H])c([2H])c23)c([2H])c([2H])c1-c1c([2H])c([2H])c([2H])c2c([2H])c([2H])c([2H])c([2H])c12.[2H]c1c([2H])c(-c2c3c([2H])c([2H])c([2H])c([2H])c3c(-c3c([2H])c([2H])c([2H])c4oc5c([2H])c6c([2H])c([2H])c([2H])c([2H])c6c([2H])c5c34)c3c([2H])c([2H])c([2H])c([2H])c23)c([2H])c([2H])c1-c1c([2H])c([2H])c2c([2H])c([2H])c([2H])c([2H])c2c1[2H]. The van der Waals surface area contributed by atoms with E-state index in [0.29, 0.717) is 0 Å². The molecule has 3 nitrogen and oxygen atoms in total. The van der Waals surface area contributed by atoms with Gasteiger partial charge in [0.2, 0.25) is 0 Å². The zero-order valence-electron chi connectivity index (χ0n) is 158. The van der Waals surface area contributed by atoms with Gasteiger partial charge in [0.15, 0.2) is 0 Å². The fourth-order valence-electron chi connectivity index (χ4n) is 17.9. The minimum absolute atomic E-state index is 0.483. The molecule has 0 saturated heterocycles. The van der Waals surface area contributed by atoms with E-state index in [1.807, 2.05) is 0 Å². The zero-order chi connectivity index (χ0) is 170. The Bertz CT molecular complexity index is 16200. The van der Waals surface area contributed by atoms with Crippen molar-refractivity contribution in [1.29, 1.82) is 0 Å². The Labute approximate surface area is 955 Å². The lowest BCUT2D eigenvalue weighted by Gasteiger charge is -2.18. The van der Waals surface area contributed by atoms with Crippen molar-refractivity contribution in [3.05, 3.63) is 520 Å². The highest BCUT2D eigenvalue weighted by molar-refractivity contribution is 6.31. The van der Waals surface area contributed by atoms with Gasteiger partial charge in [-0.1, -0.05) is 453 Å². The number of hydrogen-bond acceptors (Lipinski definition) is 3. The maximum Gasteiger partial charge on any atom is 0.136 e. The van der Waals surface area contributed by atoms with E-state index in [0.717, 1.165) is 0 Å². The molecule has 0 N–H and O–H groups in total. The average Bonchev–Trinajstić information content (AvgIpc) is 1.66. The van der Waals surface area contributed by atoms with Crippen LogP contribution in [0, 0.1) is 0 Å². The summed E-state index contributed by atoms with van der Waals surface area (Å²) in [5, 5.41) is -20.0. The molecule has 0 aliphatic carbocycles. The first kappa shape index (κ1) is 34.1. The molecule has 3 heteroatoms. The molecule has 0 aliphatic heterocycles. The van der Waals surface area contributed by atoms with Crippen LogP contribution in [-0.4, -0.2) is 0 Å². The Morgan fingerprint density at radius 3 is 0.717 bits per heavy atom. The van der Waals surface area contributed by atoms with Crippen LogP contribution >= 0.6 is 0 Å². The predicted octanol–water partition coefficient (Wildman–Crippen LogP) is 40.8. The summed E-state index contributed by atoms with van der Waals surface area (Å²) in [5.74, 6) is 0. The topological polar surface area (TPSA) is 39.4 Å². The first-order valence-electron chi connectivity index (χ1n) is 86.0. The van der Waals surface area contributed by atoms with Crippen LogP contribution in [0.25, 0.3) is 306 Å². The second-order valence-electron chi connectivity index (χ2n) is 31.8. The highest BCUT2D eigenvalue weighted by atomic mass is 16.3. The third-order valence-corrected chi connectivity index (χ3v) is 24.0. The predicted molar refractivity (Wildman–Crippen MR) is 618 cm³/mol. The number of fused-ring (bicyclic) bond motifs is 23. The van der Waals surface area contributed by atoms with Gasteiger partial charge >= 0.3 is 0 Å². The van der Waals surface area contributed by atoms with Crippen molar-refractivity contribution < 1.29 is 131 Å². The lowest BCUT2D eigenvalue weighted by molar-refractivity contribution is 0.669. The molecular formula is C142H86O3. The van der Waals surface area contributed by atoms with Gasteiger partial charge in [-0.25, -0.2) is 0 Å². The van der Waals surface area contributed by atoms with E-state index < -0.39 is 826 Å². The Balaban J connectivity index is 0.000000145. The summed E-state index contributed by atoms with van der Waals surface area (Å²) in [4.78, 5) is 0. The van der Waals surface area contributed by atoms with Crippen LogP contribution < -0.4 is 0 Å². The molecule has 3 heterocycles. The fraction of sp³-hybridized carbons (Fsp3) is 0. The first-order valence-corrected chi connectivity index (χ1v) is 43.0. The van der Waals surface area contributed by atoms with Crippen LogP contribution in [0.1, 0.15) is 118 Å². The Morgan fingerprint density at radius 1 is 0.110 bits per heavy atom. The molecule has 0 saturated carbocycles. The first-order chi connectivity index (χ1) is 108. The van der Waals surface area contributed by atoms with Gasteiger partial charge in [0.25, 0.3) is 0 Å². The van der Waals surface area contributed by atoms with Crippen molar-refractivity contribution in [2.75, 3.05) is 0 Å². The highest BCUT2D eigenvalue weighted by Crippen LogP contribution is 2.54. The van der Waals surface area contributed by atoms with Crippen LogP contribution in [0.3, 0.4) is 0 Å². The molecule has 3 aromatic heterocycles. The summed E-state index contributed by atoms with van der Waals surface area (Å²) >= 11 is 0. The van der Waals surface area contributed by atoms with Gasteiger partial charge in [-0.15, -0.1) is 0 Å². The van der Waals surface area contributed by atoms with Crippen molar-refractivity contribution in [2.45, 2.75) is 0 Å². The smallest absolute Gasteiger partial charge is 0.136 e. The van der Waals surface area contributed by atoms with Crippen LogP contribution in [0.2, 0.25) is 0 Å². The van der Waals surface area contributed by atoms with Gasteiger partial charge in [-0.3, -0.25) is 0 Å².